The van der Waals surface area contributed by atoms with Crippen molar-refractivity contribution in [2.75, 3.05) is 19.8 Å². The van der Waals surface area contributed by atoms with Crippen LogP contribution >= 0.6 is 0 Å². The molecule has 0 fully saturated rings. The Morgan fingerprint density at radius 1 is 0.783 bits per heavy atom. The van der Waals surface area contributed by atoms with Crippen molar-refractivity contribution in [2.24, 2.45) is 14.1 Å². The zero-order chi connectivity index (χ0) is 35.5. The highest BCUT2D eigenvalue weighted by molar-refractivity contribution is 7.81. The molecule has 0 aliphatic carbocycles. The van der Waals surface area contributed by atoms with Crippen molar-refractivity contribution in [3.63, 3.8) is 0 Å². The number of aromatic nitrogens is 4. The molecule has 0 saturated heterocycles. The van der Waals surface area contributed by atoms with Crippen molar-refractivity contribution in [1.82, 2.24) is 14.1 Å². The van der Waals surface area contributed by atoms with E-state index in [4.69, 9.17) is 0 Å². The van der Waals surface area contributed by atoms with Gasteiger partial charge in [0.15, 0.2) is 11.0 Å². The summed E-state index contributed by atoms with van der Waals surface area (Å²) < 4.78 is 141. The number of para-hydroxylation sites is 4. The lowest BCUT2D eigenvalue weighted by atomic mass is 10.3. The topological polar surface area (TPSA) is 146 Å². The fourth-order valence-electron chi connectivity index (χ4n) is 3.91. The molecular formula is C26H34F6N4O8S2. The quantitative estimate of drug-likeness (QED) is 0.113. The van der Waals surface area contributed by atoms with Crippen molar-refractivity contribution >= 4 is 42.9 Å². The van der Waals surface area contributed by atoms with Gasteiger partial charge in [0, 0.05) is 7.05 Å². The Bertz CT molecular complexity index is 1760. The minimum atomic E-state index is -4.42. The summed E-state index contributed by atoms with van der Waals surface area (Å²) in [5.41, 5.74) is 2.05. The molecule has 46 heavy (non-hydrogen) atoms. The van der Waals surface area contributed by atoms with Crippen molar-refractivity contribution < 1.29 is 64.8 Å². The van der Waals surface area contributed by atoms with Crippen molar-refractivity contribution in [1.29, 1.82) is 0 Å². The number of hydrogen-bond acceptors (Lipinski definition) is 9. The highest BCUT2D eigenvalue weighted by Crippen LogP contribution is 2.31. The summed E-state index contributed by atoms with van der Waals surface area (Å²) >= 11 is 0. The molecule has 0 aliphatic rings. The lowest BCUT2D eigenvalue weighted by molar-refractivity contribution is -0.667. The Hall–Kier alpha value is -3.30. The largest absolute Gasteiger partial charge is 0.726 e. The van der Waals surface area contributed by atoms with Gasteiger partial charge in [0.1, 0.15) is 0 Å². The molecule has 0 radical (unpaired) electrons. The van der Waals surface area contributed by atoms with Crippen LogP contribution in [0.15, 0.2) is 48.5 Å². The second-order valence-electron chi connectivity index (χ2n) is 8.63. The maximum atomic E-state index is 12.9. The van der Waals surface area contributed by atoms with E-state index in [1.54, 1.807) is 69.3 Å². The summed E-state index contributed by atoms with van der Waals surface area (Å²) in [5.74, 6) is -1.48. The Kier molecular flexibility index (Phi) is 15.1. The smallest absolute Gasteiger partial charge is 0.495 e. The van der Waals surface area contributed by atoms with E-state index < -0.39 is 44.8 Å². The summed E-state index contributed by atoms with van der Waals surface area (Å²) in [6, 6.07) is 13.4. The molecule has 0 amide bonds. The third kappa shape index (κ3) is 12.1. The van der Waals surface area contributed by atoms with Gasteiger partial charge in [-0.15, -0.1) is 0 Å². The van der Waals surface area contributed by atoms with Crippen LogP contribution < -0.4 is 4.57 Å². The molecule has 0 aliphatic heterocycles. The first-order valence-electron chi connectivity index (χ1n) is 13.3. The molecule has 0 spiro atoms. The first-order chi connectivity index (χ1) is 21.1. The van der Waals surface area contributed by atoms with Crippen LogP contribution in [0.1, 0.15) is 39.3 Å². The number of alkyl halides is 6. The molecule has 260 valence electrons. The lowest BCUT2D eigenvalue weighted by Gasteiger charge is -2.05. The normalized spacial score (nSPS) is 12.1. The number of aryl methyl sites for hydroxylation is 3. The molecule has 2 aromatic heterocycles. The van der Waals surface area contributed by atoms with Crippen LogP contribution in [0, 0.1) is 0 Å². The summed E-state index contributed by atoms with van der Waals surface area (Å²) in [5, 5.41) is 0. The van der Waals surface area contributed by atoms with Crippen LogP contribution in [0.4, 0.5) is 26.3 Å². The molecule has 0 saturated carbocycles. The molecule has 2 heterocycles. The molecule has 12 nitrogen and oxygen atoms in total. The molecule has 20 heteroatoms. The Morgan fingerprint density at radius 3 is 1.65 bits per heavy atom. The van der Waals surface area contributed by atoms with Gasteiger partial charge in [0.2, 0.25) is 16.2 Å². The molecular weight excluding hydrogens is 674 g/mol. The monoisotopic (exact) mass is 708 g/mol. The SMILES string of the molecule is CCOS(=O)(=O)OCC.CCOS(=O)(=O)[O-].CCn1c(C(F)(F)F)[n+](C)c2ccccc21.Cn1c(C(F)(F)F)nc2ccccc21. The minimum absolute atomic E-state index is 0.0914. The first-order valence-corrected chi connectivity index (χ1v) is 16.0. The molecule has 0 bridgehead atoms. The zero-order valence-corrected chi connectivity index (χ0v) is 27.2. The first kappa shape index (κ1) is 40.7. The van der Waals surface area contributed by atoms with Crippen LogP contribution in [0.2, 0.25) is 0 Å². The van der Waals surface area contributed by atoms with Crippen molar-refractivity contribution in [2.45, 2.75) is 46.6 Å². The van der Waals surface area contributed by atoms with Gasteiger partial charge in [-0.05, 0) is 52.0 Å². The fourth-order valence-corrected chi connectivity index (χ4v) is 4.85. The van der Waals surface area contributed by atoms with E-state index in [-0.39, 0.29) is 19.8 Å². The van der Waals surface area contributed by atoms with E-state index in [9.17, 15) is 47.7 Å². The molecule has 0 unspecified atom stereocenters. The molecule has 0 N–H and O–H groups in total. The standard InChI is InChI=1S/C11H12F3N2.C9H7F3N2.C4H10O4S.C2H6O4S/c1-3-16-9-7-5-4-6-8(9)15(2)10(16)11(12,13)14;1-14-7-5-3-2-4-6(7)13-8(14)9(10,11)12;1-3-7-9(5,6)8-4-2;1-2-6-7(3,4)5/h4-7H,3H2,1-2H3;2-5H,1H3;3-4H2,1-2H3;2H2,1H3,(H,3,4,5)/q+1;;;/p-1. The maximum absolute atomic E-state index is 12.9. The summed E-state index contributed by atoms with van der Waals surface area (Å²) in [6.45, 7) is 6.73. The second-order valence-corrected chi connectivity index (χ2v) is 11.0. The minimum Gasteiger partial charge on any atom is -0.726 e. The Labute approximate surface area is 262 Å². The van der Waals surface area contributed by atoms with Gasteiger partial charge in [-0.25, -0.2) is 30.9 Å². The number of hydrogen-bond donors (Lipinski definition) is 0. The van der Waals surface area contributed by atoms with Crippen LogP contribution in [0.5, 0.6) is 0 Å². The Balaban J connectivity index is 0.000000323. The number of rotatable bonds is 7. The highest BCUT2D eigenvalue weighted by Gasteiger charge is 2.45. The van der Waals surface area contributed by atoms with Gasteiger partial charge in [-0.3, -0.25) is 4.18 Å². The van der Waals surface area contributed by atoms with E-state index in [1.807, 2.05) is 0 Å². The average Bonchev–Trinajstić information content (AvgIpc) is 3.43. The summed E-state index contributed by atoms with van der Waals surface area (Å²) in [6.07, 6.45) is -8.72. The van der Waals surface area contributed by atoms with Crippen LogP contribution in [-0.2, 0) is 66.3 Å². The van der Waals surface area contributed by atoms with Gasteiger partial charge in [-0.2, -0.15) is 34.8 Å². The molecule has 0 atom stereocenters. The van der Waals surface area contributed by atoms with E-state index in [1.165, 1.54) is 30.2 Å². The average molecular weight is 709 g/mol. The van der Waals surface area contributed by atoms with Crippen LogP contribution in [0.25, 0.3) is 22.1 Å². The van der Waals surface area contributed by atoms with Crippen molar-refractivity contribution in [3.05, 3.63) is 60.2 Å². The van der Waals surface area contributed by atoms with Gasteiger partial charge < -0.3 is 9.12 Å². The third-order valence-corrected chi connectivity index (χ3v) is 7.08. The molecule has 4 rings (SSSR count). The van der Waals surface area contributed by atoms with Gasteiger partial charge in [-0.1, -0.05) is 24.3 Å². The number of nitrogens with zero attached hydrogens (tertiary/aromatic N) is 4. The number of imidazole rings is 2. The fraction of sp³-hybridized carbons (Fsp3) is 0.462. The van der Waals surface area contributed by atoms with Gasteiger partial charge in [0.05, 0.1) is 44.4 Å². The lowest BCUT2D eigenvalue weighted by Crippen LogP contribution is -2.38. The number of halogens is 6. The molecule has 4 aromatic rings. The van der Waals surface area contributed by atoms with E-state index in [0.29, 0.717) is 28.6 Å². The third-order valence-electron chi connectivity index (χ3n) is 5.50. The Morgan fingerprint density at radius 2 is 1.26 bits per heavy atom. The predicted octanol–water partition coefficient (Wildman–Crippen LogP) is 4.88. The van der Waals surface area contributed by atoms with Crippen LogP contribution in [-0.4, -0.2) is 55.3 Å². The summed E-state index contributed by atoms with van der Waals surface area (Å²) in [7, 11) is -5.30. The van der Waals surface area contributed by atoms with E-state index >= 15 is 0 Å². The van der Waals surface area contributed by atoms with E-state index in [0.717, 1.165) is 4.57 Å². The molecule has 2 aromatic carbocycles. The zero-order valence-electron chi connectivity index (χ0n) is 25.6. The van der Waals surface area contributed by atoms with Gasteiger partial charge in [0.25, 0.3) is 0 Å². The summed E-state index contributed by atoms with van der Waals surface area (Å²) in [4.78, 5) is 3.52. The van der Waals surface area contributed by atoms with Crippen molar-refractivity contribution in [3.8, 4) is 0 Å². The maximum Gasteiger partial charge on any atom is 0.495 e. The predicted molar refractivity (Wildman–Crippen MR) is 153 cm³/mol. The van der Waals surface area contributed by atoms with Gasteiger partial charge >= 0.3 is 28.6 Å². The van der Waals surface area contributed by atoms with E-state index in [2.05, 4.69) is 17.5 Å². The van der Waals surface area contributed by atoms with Crippen LogP contribution in [0.3, 0.4) is 0 Å². The number of benzene rings is 2. The number of fused-ring (bicyclic) bond motifs is 2. The highest BCUT2D eigenvalue weighted by atomic mass is 32.3. The second kappa shape index (κ2) is 17.0.